The van der Waals surface area contributed by atoms with Crippen LogP contribution < -0.4 is 10.4 Å². The summed E-state index contributed by atoms with van der Waals surface area (Å²) in [7, 11) is 0. The summed E-state index contributed by atoms with van der Waals surface area (Å²) in [6.45, 7) is 18.3. The van der Waals surface area contributed by atoms with Crippen LogP contribution in [-0.2, 0) is 0 Å². The van der Waals surface area contributed by atoms with Crippen molar-refractivity contribution < 1.29 is 0 Å². The summed E-state index contributed by atoms with van der Waals surface area (Å²) in [4.78, 5) is 0. The fourth-order valence-corrected chi connectivity index (χ4v) is 4.43. The molecule has 0 amide bonds. The zero-order valence-electron chi connectivity index (χ0n) is 17.5. The monoisotopic (exact) mass is 353 g/mol. The lowest BCUT2D eigenvalue weighted by Gasteiger charge is -2.29. The van der Waals surface area contributed by atoms with Gasteiger partial charge < -0.3 is 0 Å². The Bertz CT molecular complexity index is 1200. The molecule has 0 spiro atoms. The first-order chi connectivity index (χ1) is 12.6. The molecule has 0 aliphatic heterocycles. The third kappa shape index (κ3) is 2.92. The summed E-state index contributed by atoms with van der Waals surface area (Å²) >= 11 is 0. The maximum absolute atomic E-state index is 4.38. The smallest absolute Gasteiger partial charge is 0.000731 e. The number of fused-ring (bicyclic) bond motifs is 2. The van der Waals surface area contributed by atoms with Gasteiger partial charge in [-0.25, -0.2) is 0 Å². The molecule has 27 heavy (non-hydrogen) atoms. The van der Waals surface area contributed by atoms with Gasteiger partial charge in [0.1, 0.15) is 0 Å². The summed E-state index contributed by atoms with van der Waals surface area (Å²) in [5.74, 6) is 0. The van der Waals surface area contributed by atoms with Crippen molar-refractivity contribution in [1.29, 1.82) is 0 Å². The maximum Gasteiger partial charge on any atom is -0.000731 e. The second kappa shape index (κ2) is 5.83. The number of hydrogen-bond acceptors (Lipinski definition) is 0. The number of hydrogen-bond donors (Lipinski definition) is 0. The molecule has 2 aromatic carbocycles. The second-order valence-corrected chi connectivity index (χ2v) is 9.93. The van der Waals surface area contributed by atoms with Gasteiger partial charge in [0.15, 0.2) is 0 Å². The summed E-state index contributed by atoms with van der Waals surface area (Å²) in [6, 6.07) is 12.9. The standard InChI is InChI=1S/C27H29/c1-17-12-13-21-20-11-9-8-10-18(20)14-22(21)25(17)19-15-23(26(2,3)4)24(16-19)27(5,6)7/h8-13,15H,1,16H2,2-7H3. The Hall–Kier alpha value is -2.34. The van der Waals surface area contributed by atoms with Crippen LogP contribution in [0.3, 0.4) is 0 Å². The number of rotatable bonds is 1. The molecule has 2 aliphatic carbocycles. The molecule has 0 N–H and O–H groups in total. The van der Waals surface area contributed by atoms with Crippen LogP contribution in [0.5, 0.6) is 0 Å². The molecule has 0 nitrogen and oxygen atoms in total. The molecule has 1 radical (unpaired) electrons. The Morgan fingerprint density at radius 2 is 1.56 bits per heavy atom. The molecule has 0 saturated carbocycles. The molecule has 137 valence electrons. The van der Waals surface area contributed by atoms with Crippen molar-refractivity contribution in [2.24, 2.45) is 10.8 Å². The molecule has 0 heterocycles. The van der Waals surface area contributed by atoms with E-state index >= 15 is 0 Å². The first-order valence-electron chi connectivity index (χ1n) is 9.88. The topological polar surface area (TPSA) is 0 Å². The minimum Gasteiger partial charge on any atom is -0.0911 e. The van der Waals surface area contributed by atoms with Crippen molar-refractivity contribution in [1.82, 2.24) is 0 Å². The minimum absolute atomic E-state index is 0.139. The van der Waals surface area contributed by atoms with Gasteiger partial charge in [0, 0.05) is 0 Å². The Labute approximate surface area is 163 Å². The lowest BCUT2D eigenvalue weighted by Crippen LogP contribution is -2.16. The molecular formula is C27H29. The first-order valence-corrected chi connectivity index (χ1v) is 9.88. The fraction of sp³-hybridized carbons (Fsp3) is 0.333. The SMILES string of the molecule is C=c1ccc2c(c1C1=CC(C(C)(C)C)=C(C(C)(C)C)C1)[C]=c1ccccc1=2. The molecule has 2 aromatic rings. The van der Waals surface area contributed by atoms with Crippen molar-refractivity contribution in [3.63, 3.8) is 0 Å². The second-order valence-electron chi connectivity index (χ2n) is 9.93. The van der Waals surface area contributed by atoms with Crippen molar-refractivity contribution >= 4 is 18.2 Å². The van der Waals surface area contributed by atoms with E-state index in [4.69, 9.17) is 0 Å². The highest BCUT2D eigenvalue weighted by Gasteiger charge is 2.32. The van der Waals surface area contributed by atoms with Crippen molar-refractivity contribution in [3.8, 4) is 0 Å². The lowest BCUT2D eigenvalue weighted by atomic mass is 9.76. The van der Waals surface area contributed by atoms with Crippen molar-refractivity contribution in [3.05, 3.63) is 85.6 Å². The summed E-state index contributed by atoms with van der Waals surface area (Å²) in [6.07, 6.45) is 7.12. The van der Waals surface area contributed by atoms with Gasteiger partial charge in [0.05, 0.1) is 0 Å². The van der Waals surface area contributed by atoms with E-state index < -0.39 is 0 Å². The molecular weight excluding hydrogens is 324 g/mol. The fourth-order valence-electron chi connectivity index (χ4n) is 4.43. The van der Waals surface area contributed by atoms with Gasteiger partial charge in [0.2, 0.25) is 0 Å². The average molecular weight is 354 g/mol. The van der Waals surface area contributed by atoms with Gasteiger partial charge in [0.25, 0.3) is 0 Å². The highest BCUT2D eigenvalue weighted by Crippen LogP contribution is 2.47. The molecule has 4 rings (SSSR count). The zero-order valence-corrected chi connectivity index (χ0v) is 17.5. The Balaban J connectivity index is 1.96. The van der Waals surface area contributed by atoms with E-state index in [-0.39, 0.29) is 10.8 Å². The molecule has 0 bridgehead atoms. The maximum atomic E-state index is 4.38. The lowest BCUT2D eigenvalue weighted by molar-refractivity contribution is 0.453. The van der Waals surface area contributed by atoms with Gasteiger partial charge in [-0.15, -0.1) is 0 Å². The van der Waals surface area contributed by atoms with E-state index in [2.05, 4.69) is 96.7 Å². The largest absolute Gasteiger partial charge is 0.0911 e. The molecule has 0 fully saturated rings. The van der Waals surface area contributed by atoms with Gasteiger partial charge in [-0.1, -0.05) is 96.2 Å². The summed E-state index contributed by atoms with van der Waals surface area (Å²) in [5.41, 5.74) is 7.24. The molecule has 0 unspecified atom stereocenters. The van der Waals surface area contributed by atoms with Gasteiger partial charge in [-0.3, -0.25) is 0 Å². The minimum atomic E-state index is 0.139. The summed E-state index contributed by atoms with van der Waals surface area (Å²) in [5, 5.41) is 4.87. The molecule has 0 aromatic heterocycles. The number of allylic oxidation sites excluding steroid dienone is 4. The Morgan fingerprint density at radius 1 is 0.852 bits per heavy atom. The van der Waals surface area contributed by atoms with Crippen molar-refractivity contribution in [2.45, 2.75) is 48.0 Å². The first kappa shape index (κ1) is 18.0. The average Bonchev–Trinajstić information content (AvgIpc) is 3.15. The predicted octanol–water partition coefficient (Wildman–Crippen LogP) is 5.58. The Morgan fingerprint density at radius 3 is 2.19 bits per heavy atom. The van der Waals surface area contributed by atoms with Gasteiger partial charge in [-0.05, 0) is 66.5 Å². The Kier molecular flexibility index (Phi) is 3.89. The molecule has 2 aliphatic rings. The van der Waals surface area contributed by atoms with Crippen LogP contribution in [0.4, 0.5) is 0 Å². The van der Waals surface area contributed by atoms with Crippen LogP contribution in [0.25, 0.3) is 18.2 Å². The zero-order chi connectivity index (χ0) is 19.6. The van der Waals surface area contributed by atoms with Crippen LogP contribution in [0.15, 0.2) is 53.6 Å². The van der Waals surface area contributed by atoms with E-state index in [9.17, 15) is 0 Å². The van der Waals surface area contributed by atoms with E-state index in [0.717, 1.165) is 11.6 Å². The quantitative estimate of drug-likeness (QED) is 0.536. The van der Waals surface area contributed by atoms with Gasteiger partial charge in [-0.2, -0.15) is 0 Å². The van der Waals surface area contributed by atoms with Crippen LogP contribution in [0.1, 0.15) is 59.1 Å². The summed E-state index contributed by atoms with van der Waals surface area (Å²) < 4.78 is 0. The van der Waals surface area contributed by atoms with Crippen LogP contribution in [0.2, 0.25) is 0 Å². The van der Waals surface area contributed by atoms with Gasteiger partial charge >= 0.3 is 0 Å². The molecule has 0 saturated heterocycles. The van der Waals surface area contributed by atoms with E-state index in [1.54, 1.807) is 5.57 Å². The highest BCUT2D eigenvalue weighted by molar-refractivity contribution is 5.82. The predicted molar refractivity (Wildman–Crippen MR) is 116 cm³/mol. The third-order valence-corrected chi connectivity index (χ3v) is 5.81. The van der Waals surface area contributed by atoms with E-state index in [1.807, 2.05) is 0 Å². The van der Waals surface area contributed by atoms with Crippen LogP contribution in [0, 0.1) is 21.3 Å². The van der Waals surface area contributed by atoms with E-state index in [1.165, 1.54) is 37.9 Å². The third-order valence-electron chi connectivity index (χ3n) is 5.81. The van der Waals surface area contributed by atoms with Crippen molar-refractivity contribution in [2.75, 3.05) is 0 Å². The highest BCUT2D eigenvalue weighted by atomic mass is 14.4. The number of benzene rings is 2. The van der Waals surface area contributed by atoms with Crippen LogP contribution >= 0.6 is 0 Å². The van der Waals surface area contributed by atoms with Crippen LogP contribution in [-0.4, -0.2) is 0 Å². The normalized spacial score (nSPS) is 16.1. The molecule has 0 heteroatoms. The van der Waals surface area contributed by atoms with E-state index in [0.29, 0.717) is 0 Å². The molecule has 0 atom stereocenters.